The van der Waals surface area contributed by atoms with Crippen LogP contribution in [0, 0.1) is 0 Å². The van der Waals surface area contributed by atoms with Crippen molar-refractivity contribution in [3.8, 4) is 0 Å². The van der Waals surface area contributed by atoms with Crippen LogP contribution in [-0.2, 0) is 4.74 Å². The van der Waals surface area contributed by atoms with Gasteiger partial charge in [0.1, 0.15) is 11.7 Å². The molecule has 0 bridgehead atoms. The van der Waals surface area contributed by atoms with Crippen LogP contribution in [-0.4, -0.2) is 26.1 Å². The molecule has 1 aliphatic rings. The van der Waals surface area contributed by atoms with Gasteiger partial charge in [-0.3, -0.25) is 4.57 Å². The Kier molecular flexibility index (Phi) is 2.46. The van der Waals surface area contributed by atoms with Crippen LogP contribution in [0.4, 0.5) is 0 Å². The van der Waals surface area contributed by atoms with Crippen molar-refractivity contribution in [2.75, 3.05) is 6.61 Å². The summed E-state index contributed by atoms with van der Waals surface area (Å²) >= 11 is 11.7. The fraction of sp³-hybridized carbons (Fsp3) is 0.444. The minimum absolute atomic E-state index is 0.0213. The van der Waals surface area contributed by atoms with Gasteiger partial charge >= 0.3 is 0 Å². The number of nitrogens with zero attached hydrogens (tertiary/aromatic N) is 4. The highest BCUT2D eigenvalue weighted by molar-refractivity contribution is 6.35. The molecule has 1 saturated heterocycles. The van der Waals surface area contributed by atoms with Crippen LogP contribution in [0.2, 0.25) is 10.4 Å². The van der Waals surface area contributed by atoms with E-state index in [9.17, 15) is 0 Å². The van der Waals surface area contributed by atoms with Crippen LogP contribution in [0.25, 0.3) is 11.2 Å². The fourth-order valence-electron chi connectivity index (χ4n) is 1.85. The Morgan fingerprint density at radius 3 is 3.00 bits per heavy atom. The molecule has 1 atom stereocenters. The van der Waals surface area contributed by atoms with Crippen LogP contribution in [0.5, 0.6) is 0 Å². The van der Waals surface area contributed by atoms with Crippen LogP contribution in [0.15, 0.2) is 6.33 Å². The second kappa shape index (κ2) is 3.84. The maximum Gasteiger partial charge on any atom is 0.225 e. The third-order valence-corrected chi connectivity index (χ3v) is 3.00. The Bertz CT molecular complexity index is 536. The second-order valence-corrected chi connectivity index (χ2v) is 4.27. The lowest BCUT2D eigenvalue weighted by molar-refractivity contribution is 0.0593. The lowest BCUT2D eigenvalue weighted by Crippen LogP contribution is -2.06. The Hall–Kier alpha value is -0.910. The molecule has 0 amide bonds. The first-order valence-electron chi connectivity index (χ1n) is 4.93. The van der Waals surface area contributed by atoms with Gasteiger partial charge < -0.3 is 4.74 Å². The summed E-state index contributed by atoms with van der Waals surface area (Å²) in [6, 6.07) is 0. The van der Waals surface area contributed by atoms with Crippen molar-refractivity contribution >= 4 is 34.4 Å². The van der Waals surface area contributed by atoms with Gasteiger partial charge in [0.2, 0.25) is 5.28 Å². The number of halogens is 2. The Balaban J connectivity index is 2.18. The van der Waals surface area contributed by atoms with Crippen molar-refractivity contribution in [1.29, 1.82) is 0 Å². The molecule has 7 heteroatoms. The molecule has 1 aliphatic heterocycles. The molecule has 2 aromatic heterocycles. The molecule has 3 rings (SSSR count). The number of ether oxygens (including phenoxy) is 1. The third kappa shape index (κ3) is 1.55. The van der Waals surface area contributed by atoms with E-state index in [1.807, 2.05) is 4.57 Å². The maximum atomic E-state index is 5.93. The van der Waals surface area contributed by atoms with Gasteiger partial charge in [0.25, 0.3) is 0 Å². The monoisotopic (exact) mass is 258 g/mol. The minimum atomic E-state index is -0.0213. The normalized spacial score (nSPS) is 20.8. The van der Waals surface area contributed by atoms with Crippen molar-refractivity contribution in [3.63, 3.8) is 0 Å². The zero-order valence-corrected chi connectivity index (χ0v) is 9.74. The van der Waals surface area contributed by atoms with Gasteiger partial charge in [-0.25, -0.2) is 9.97 Å². The summed E-state index contributed by atoms with van der Waals surface area (Å²) in [6.07, 6.45) is 3.63. The summed E-state index contributed by atoms with van der Waals surface area (Å²) in [5, 5.41) is 0.393. The molecule has 0 N–H and O–H groups in total. The first-order valence-corrected chi connectivity index (χ1v) is 5.68. The zero-order valence-electron chi connectivity index (χ0n) is 8.23. The van der Waals surface area contributed by atoms with Crippen molar-refractivity contribution in [2.24, 2.45) is 0 Å². The van der Waals surface area contributed by atoms with Crippen molar-refractivity contribution in [2.45, 2.75) is 19.1 Å². The zero-order chi connectivity index (χ0) is 11.1. The molecular formula is C9H8Cl2N4O. The Labute approximate surface area is 101 Å². The van der Waals surface area contributed by atoms with E-state index in [2.05, 4.69) is 15.0 Å². The largest absolute Gasteiger partial charge is 0.358 e. The van der Waals surface area contributed by atoms with E-state index < -0.39 is 0 Å². The number of hydrogen-bond acceptors (Lipinski definition) is 4. The van der Waals surface area contributed by atoms with Crippen LogP contribution >= 0.6 is 23.2 Å². The molecule has 0 aromatic carbocycles. The molecule has 16 heavy (non-hydrogen) atoms. The van der Waals surface area contributed by atoms with Gasteiger partial charge in [0, 0.05) is 6.61 Å². The van der Waals surface area contributed by atoms with Gasteiger partial charge in [0.05, 0.1) is 6.33 Å². The summed E-state index contributed by atoms with van der Waals surface area (Å²) in [7, 11) is 0. The SMILES string of the molecule is Clc1nc(Cl)c2ncn([C@H]3CCCO3)c2n1. The fourth-order valence-corrected chi connectivity index (χ4v) is 2.27. The van der Waals surface area contributed by atoms with E-state index in [4.69, 9.17) is 27.9 Å². The predicted octanol–water partition coefficient (Wildman–Crippen LogP) is 2.44. The molecule has 84 valence electrons. The Morgan fingerprint density at radius 1 is 1.38 bits per heavy atom. The summed E-state index contributed by atoms with van der Waals surface area (Å²) in [6.45, 7) is 0.761. The van der Waals surface area contributed by atoms with E-state index in [-0.39, 0.29) is 16.7 Å². The van der Waals surface area contributed by atoms with Crippen LogP contribution in [0.1, 0.15) is 19.1 Å². The lowest BCUT2D eigenvalue weighted by Gasteiger charge is -2.11. The molecule has 0 unspecified atom stereocenters. The Morgan fingerprint density at radius 2 is 2.25 bits per heavy atom. The molecular weight excluding hydrogens is 251 g/mol. The summed E-state index contributed by atoms with van der Waals surface area (Å²) in [4.78, 5) is 12.1. The molecule has 0 spiro atoms. The van der Waals surface area contributed by atoms with E-state index in [0.717, 1.165) is 19.4 Å². The first-order chi connectivity index (χ1) is 7.75. The standard InChI is InChI=1S/C9H8Cl2N4O/c10-7-6-8(14-9(11)13-7)15(4-12-6)5-2-1-3-16-5/h4-5H,1-3H2/t5-/m1/s1. The highest BCUT2D eigenvalue weighted by Crippen LogP contribution is 2.28. The average Bonchev–Trinajstić information content (AvgIpc) is 2.83. The summed E-state index contributed by atoms with van der Waals surface area (Å²) in [5.41, 5.74) is 1.18. The van der Waals surface area contributed by atoms with E-state index in [1.54, 1.807) is 6.33 Å². The smallest absolute Gasteiger partial charge is 0.225 e. The topological polar surface area (TPSA) is 52.8 Å². The average molecular weight is 259 g/mol. The van der Waals surface area contributed by atoms with Gasteiger partial charge in [-0.2, -0.15) is 4.98 Å². The molecule has 5 nitrogen and oxygen atoms in total. The number of fused-ring (bicyclic) bond motifs is 1. The molecule has 0 aliphatic carbocycles. The highest BCUT2D eigenvalue weighted by Gasteiger charge is 2.21. The molecule has 1 fully saturated rings. The van der Waals surface area contributed by atoms with Gasteiger partial charge in [0.15, 0.2) is 10.8 Å². The van der Waals surface area contributed by atoms with Crippen molar-refractivity contribution in [1.82, 2.24) is 19.5 Å². The maximum absolute atomic E-state index is 5.93. The molecule has 2 aromatic rings. The van der Waals surface area contributed by atoms with E-state index >= 15 is 0 Å². The quantitative estimate of drug-likeness (QED) is 0.583. The van der Waals surface area contributed by atoms with Gasteiger partial charge in [-0.15, -0.1) is 0 Å². The predicted molar refractivity (Wildman–Crippen MR) is 59.6 cm³/mol. The number of rotatable bonds is 1. The summed E-state index contributed by atoms with van der Waals surface area (Å²) in [5.74, 6) is 0. The molecule has 0 saturated carbocycles. The second-order valence-electron chi connectivity index (χ2n) is 3.58. The van der Waals surface area contributed by atoms with E-state index in [1.165, 1.54) is 0 Å². The third-order valence-electron chi connectivity index (χ3n) is 2.57. The van der Waals surface area contributed by atoms with Crippen molar-refractivity contribution in [3.05, 3.63) is 16.8 Å². The number of imidazole rings is 1. The van der Waals surface area contributed by atoms with Crippen LogP contribution in [0.3, 0.4) is 0 Å². The number of aromatic nitrogens is 4. The van der Waals surface area contributed by atoms with Gasteiger partial charge in [-0.05, 0) is 24.4 Å². The van der Waals surface area contributed by atoms with Crippen molar-refractivity contribution < 1.29 is 4.74 Å². The first kappa shape index (κ1) is 10.3. The minimum Gasteiger partial charge on any atom is -0.358 e. The molecule has 3 heterocycles. The molecule has 0 radical (unpaired) electrons. The summed E-state index contributed by atoms with van der Waals surface area (Å²) < 4.78 is 7.41. The lowest BCUT2D eigenvalue weighted by atomic mass is 10.3. The van der Waals surface area contributed by atoms with E-state index in [0.29, 0.717) is 11.2 Å². The highest BCUT2D eigenvalue weighted by atomic mass is 35.5. The number of hydrogen-bond donors (Lipinski definition) is 0. The van der Waals surface area contributed by atoms with Gasteiger partial charge in [-0.1, -0.05) is 11.6 Å². The van der Waals surface area contributed by atoms with Crippen LogP contribution < -0.4 is 0 Å².